The molecule has 2 bridgehead atoms. The Labute approximate surface area is 233 Å². The van der Waals surface area contributed by atoms with Gasteiger partial charge >= 0.3 is 12.2 Å². The molecular weight excluding hydrogens is 535 g/mol. The molecule has 12 heteroatoms. The fourth-order valence-corrected chi connectivity index (χ4v) is 5.15. The van der Waals surface area contributed by atoms with Crippen LogP contribution < -0.4 is 20.4 Å². The molecule has 2 aromatic carbocycles. The molecule has 2 amide bonds. The van der Waals surface area contributed by atoms with Gasteiger partial charge in [-0.2, -0.15) is 13.2 Å². The van der Waals surface area contributed by atoms with E-state index in [0.29, 0.717) is 52.4 Å². The number of hydrogen-bond acceptors (Lipinski definition) is 6. The smallest absolute Gasteiger partial charge is 0.416 e. The first-order valence-corrected chi connectivity index (χ1v) is 13.0. The first-order chi connectivity index (χ1) is 19.7. The number of nitrogens with zero attached hydrogens (tertiary/aromatic N) is 4. The predicted octanol–water partition coefficient (Wildman–Crippen LogP) is 6.14. The minimum absolute atomic E-state index is 0.128. The molecule has 4 aromatic rings. The highest BCUT2D eigenvalue weighted by molar-refractivity contribution is 6.05. The van der Waals surface area contributed by atoms with E-state index in [-0.39, 0.29) is 18.6 Å². The number of aromatic nitrogens is 2. The molecule has 4 heterocycles. The molecule has 0 saturated carbocycles. The van der Waals surface area contributed by atoms with E-state index in [4.69, 9.17) is 14.8 Å². The summed E-state index contributed by atoms with van der Waals surface area (Å²) in [7, 11) is 0. The Kier molecular flexibility index (Phi) is 6.60. The minimum atomic E-state index is -4.47. The van der Waals surface area contributed by atoms with Crippen molar-refractivity contribution in [3.8, 4) is 22.6 Å². The van der Waals surface area contributed by atoms with Crippen LogP contribution in [0.15, 0.2) is 71.3 Å². The van der Waals surface area contributed by atoms with Crippen LogP contribution in [0, 0.1) is 5.41 Å². The zero-order valence-corrected chi connectivity index (χ0v) is 22.0. The Bertz CT molecular complexity index is 1630. The number of halogens is 3. The van der Waals surface area contributed by atoms with Gasteiger partial charge < -0.3 is 20.0 Å². The molecule has 1 saturated heterocycles. The van der Waals surface area contributed by atoms with E-state index in [0.717, 1.165) is 30.8 Å². The molecule has 41 heavy (non-hydrogen) atoms. The van der Waals surface area contributed by atoms with Crippen molar-refractivity contribution < 1.29 is 22.4 Å². The van der Waals surface area contributed by atoms with Gasteiger partial charge in [0.25, 0.3) is 0 Å². The van der Waals surface area contributed by atoms with Crippen molar-refractivity contribution in [1.29, 1.82) is 5.41 Å². The van der Waals surface area contributed by atoms with Crippen molar-refractivity contribution in [2.24, 2.45) is 0 Å². The lowest BCUT2D eigenvalue weighted by Gasteiger charge is -2.36. The summed E-state index contributed by atoms with van der Waals surface area (Å²) in [6.45, 7) is 3.31. The van der Waals surface area contributed by atoms with Crippen LogP contribution in [-0.4, -0.2) is 41.0 Å². The first-order valence-electron chi connectivity index (χ1n) is 13.0. The van der Waals surface area contributed by atoms with E-state index in [9.17, 15) is 18.0 Å². The van der Waals surface area contributed by atoms with Gasteiger partial charge in [0.2, 0.25) is 5.89 Å². The summed E-state index contributed by atoms with van der Waals surface area (Å²) < 4.78 is 45.8. The van der Waals surface area contributed by atoms with Crippen molar-refractivity contribution in [2.75, 3.05) is 28.2 Å². The van der Waals surface area contributed by atoms with Crippen LogP contribution in [0.4, 0.5) is 35.2 Å². The van der Waals surface area contributed by atoms with Gasteiger partial charge in [0, 0.05) is 29.9 Å². The number of amides is 2. The highest BCUT2D eigenvalue weighted by Crippen LogP contribution is 2.41. The molecule has 0 unspecified atom stereocenters. The number of anilines is 3. The summed E-state index contributed by atoms with van der Waals surface area (Å²) in [6.07, 6.45) is -2.14. The van der Waals surface area contributed by atoms with Gasteiger partial charge in [-0.25, -0.2) is 14.8 Å². The molecule has 2 aromatic heterocycles. The molecule has 0 aliphatic carbocycles. The number of nitrogens with one attached hydrogen (secondary N) is 3. The molecule has 1 atom stereocenters. The minimum Gasteiger partial charge on any atom is -0.439 e. The van der Waals surface area contributed by atoms with Gasteiger partial charge in [0.05, 0.1) is 41.6 Å². The van der Waals surface area contributed by atoms with E-state index < -0.39 is 11.7 Å². The van der Waals surface area contributed by atoms with Crippen LogP contribution in [0.1, 0.15) is 24.8 Å². The zero-order valence-electron chi connectivity index (χ0n) is 22.0. The summed E-state index contributed by atoms with van der Waals surface area (Å²) in [5, 5.41) is 13.3. The first kappa shape index (κ1) is 26.4. The van der Waals surface area contributed by atoms with E-state index in [1.165, 1.54) is 6.07 Å². The number of hydrogen-bond donors (Lipinski definition) is 3. The largest absolute Gasteiger partial charge is 0.439 e. The molecule has 1 fully saturated rings. The maximum atomic E-state index is 13.7. The third-order valence-corrected chi connectivity index (χ3v) is 7.11. The molecule has 9 nitrogen and oxygen atoms in total. The van der Waals surface area contributed by atoms with Crippen molar-refractivity contribution >= 4 is 29.1 Å². The molecule has 0 radical (unpaired) electrons. The standard InChI is InChI=1S/C29H26F3N7O2/c1-17(33)34-15-26-35-14-25(41-26)19-5-3-7-21(13-19)36-28(40)39-22-10-11-38(16-22)24-9-8-23(37-27(24)39)18-4-2-6-20(12-18)29(30,31)32/h2-9,12-14,22H,10-11,15-16H2,1H3,(H2,33,34)(H,36,40)/t22-/m0/s1. The summed E-state index contributed by atoms with van der Waals surface area (Å²) in [5.74, 6) is 1.66. The number of rotatable bonds is 5. The Balaban J connectivity index is 1.27. The summed E-state index contributed by atoms with van der Waals surface area (Å²) >= 11 is 0. The number of benzene rings is 2. The quantitative estimate of drug-likeness (QED) is 0.199. The Morgan fingerprint density at radius 2 is 1.93 bits per heavy atom. The molecular formula is C29H26F3N7O2. The van der Waals surface area contributed by atoms with Crippen molar-refractivity contribution in [3.05, 3.63) is 78.3 Å². The summed E-state index contributed by atoms with van der Waals surface area (Å²) in [5.41, 5.74) is 1.93. The lowest BCUT2D eigenvalue weighted by molar-refractivity contribution is -0.137. The fraction of sp³-hybridized carbons (Fsp3) is 0.241. The highest BCUT2D eigenvalue weighted by atomic mass is 19.4. The number of oxazole rings is 1. The number of carbonyl (C=O) groups excluding carboxylic acids is 1. The van der Waals surface area contributed by atoms with E-state index in [1.807, 2.05) is 12.1 Å². The fourth-order valence-electron chi connectivity index (χ4n) is 5.15. The Morgan fingerprint density at radius 1 is 1.12 bits per heavy atom. The van der Waals surface area contributed by atoms with Gasteiger partial charge in [-0.15, -0.1) is 0 Å². The van der Waals surface area contributed by atoms with Crippen LogP contribution in [0.2, 0.25) is 0 Å². The summed E-state index contributed by atoms with van der Waals surface area (Å²) in [6, 6.07) is 15.2. The van der Waals surface area contributed by atoms with E-state index >= 15 is 0 Å². The van der Waals surface area contributed by atoms with Crippen LogP contribution in [0.25, 0.3) is 22.6 Å². The second kappa shape index (κ2) is 10.3. The topological polar surface area (TPSA) is 110 Å². The SMILES string of the molecule is CC(=N)NCc1ncc(-c2cccc(NC(=O)N3c4nc(-c5cccc(C(F)(F)F)c5)ccc4N4CC[C@H]3C4)c2)o1. The molecule has 0 spiro atoms. The third kappa shape index (κ3) is 5.32. The van der Waals surface area contributed by atoms with Crippen LogP contribution in [0.3, 0.4) is 0 Å². The van der Waals surface area contributed by atoms with Crippen molar-refractivity contribution in [3.63, 3.8) is 0 Å². The second-order valence-corrected chi connectivity index (χ2v) is 9.98. The average Bonchev–Trinajstić information content (AvgIpc) is 3.60. The maximum Gasteiger partial charge on any atom is 0.416 e. The van der Waals surface area contributed by atoms with Crippen molar-refractivity contribution in [1.82, 2.24) is 15.3 Å². The number of pyridine rings is 1. The zero-order chi connectivity index (χ0) is 28.7. The van der Waals surface area contributed by atoms with Gasteiger partial charge in [0.15, 0.2) is 11.6 Å². The van der Waals surface area contributed by atoms with Gasteiger partial charge in [-0.05, 0) is 49.7 Å². The van der Waals surface area contributed by atoms with E-state index in [1.54, 1.807) is 48.4 Å². The second-order valence-electron chi connectivity index (χ2n) is 9.98. The molecule has 3 N–H and O–H groups in total. The molecule has 2 aliphatic heterocycles. The third-order valence-electron chi connectivity index (χ3n) is 7.11. The number of fused-ring (bicyclic) bond motifs is 4. The van der Waals surface area contributed by atoms with Gasteiger partial charge in [-0.1, -0.05) is 24.3 Å². The highest BCUT2D eigenvalue weighted by Gasteiger charge is 2.40. The van der Waals surface area contributed by atoms with Gasteiger partial charge in [-0.3, -0.25) is 10.3 Å². The van der Waals surface area contributed by atoms with Gasteiger partial charge in [0.1, 0.15) is 0 Å². The molecule has 210 valence electrons. The predicted molar refractivity (Wildman–Crippen MR) is 149 cm³/mol. The lowest BCUT2D eigenvalue weighted by atomic mass is 10.1. The van der Waals surface area contributed by atoms with Crippen LogP contribution >= 0.6 is 0 Å². The molecule has 2 aliphatic rings. The average molecular weight is 562 g/mol. The maximum absolute atomic E-state index is 13.7. The van der Waals surface area contributed by atoms with Crippen LogP contribution in [0.5, 0.6) is 0 Å². The number of amidine groups is 1. The normalized spacial score (nSPS) is 16.0. The monoisotopic (exact) mass is 561 g/mol. The van der Waals surface area contributed by atoms with E-state index in [2.05, 4.69) is 20.5 Å². The van der Waals surface area contributed by atoms with Crippen LogP contribution in [-0.2, 0) is 12.7 Å². The number of urea groups is 1. The number of alkyl halides is 3. The Morgan fingerprint density at radius 3 is 2.73 bits per heavy atom. The number of carbonyl (C=O) groups is 1. The molecule has 6 rings (SSSR count). The Hall–Kier alpha value is -4.87. The lowest BCUT2D eigenvalue weighted by Crippen LogP contribution is -2.48. The van der Waals surface area contributed by atoms with Crippen molar-refractivity contribution in [2.45, 2.75) is 32.1 Å². The summed E-state index contributed by atoms with van der Waals surface area (Å²) in [4.78, 5) is 26.4.